The van der Waals surface area contributed by atoms with Crippen LogP contribution in [0.1, 0.15) is 22.3 Å². The van der Waals surface area contributed by atoms with Gasteiger partial charge in [-0.3, -0.25) is 4.98 Å². The molecule has 0 atom stereocenters. The van der Waals surface area contributed by atoms with Gasteiger partial charge < -0.3 is 0 Å². The third-order valence-corrected chi connectivity index (χ3v) is 12.2. The molecule has 0 saturated heterocycles. The lowest BCUT2D eigenvalue weighted by Crippen LogP contribution is -1.97. The first-order valence-electron chi connectivity index (χ1n) is 20.3. The van der Waals surface area contributed by atoms with Crippen molar-refractivity contribution in [2.75, 3.05) is 0 Å². The first kappa shape index (κ1) is 34.6. The van der Waals surface area contributed by atoms with Crippen molar-refractivity contribution in [3.63, 3.8) is 0 Å². The van der Waals surface area contributed by atoms with Gasteiger partial charge in [0.25, 0.3) is 0 Å². The second kappa shape index (κ2) is 14.1. The Morgan fingerprint density at radius 1 is 0.424 bits per heavy atom. The van der Waals surface area contributed by atoms with Crippen LogP contribution in [0, 0.1) is 6.92 Å². The SMILES string of the molecule is C=C(/C=C(/c1ccc(-c2cnc3ccccc3c2)cc1)c1cc(-c2cc3ccccc3c3ccccc23)c2ccccc2c1C)c1cc2ccccc2c2ccccc12. The van der Waals surface area contributed by atoms with Gasteiger partial charge in [0.1, 0.15) is 0 Å². The highest BCUT2D eigenvalue weighted by atomic mass is 14.6. The summed E-state index contributed by atoms with van der Waals surface area (Å²) in [6, 6.07) is 70.5. The lowest BCUT2D eigenvalue weighted by Gasteiger charge is -2.20. The predicted molar refractivity (Wildman–Crippen MR) is 254 cm³/mol. The quantitative estimate of drug-likeness (QED) is 0.122. The minimum atomic E-state index is 0.968. The molecule has 0 aliphatic rings. The molecule has 11 aromatic rings. The maximum absolute atomic E-state index is 4.83. The van der Waals surface area contributed by atoms with E-state index in [0.717, 1.165) is 44.3 Å². The Bertz CT molecular complexity index is 3510. The van der Waals surface area contributed by atoms with Crippen molar-refractivity contribution in [2.24, 2.45) is 0 Å². The third kappa shape index (κ3) is 5.90. The highest BCUT2D eigenvalue weighted by Gasteiger charge is 2.19. The van der Waals surface area contributed by atoms with Crippen LogP contribution in [-0.4, -0.2) is 4.98 Å². The number of pyridine rings is 1. The summed E-state index contributed by atoms with van der Waals surface area (Å²) >= 11 is 0. The van der Waals surface area contributed by atoms with Crippen LogP contribution in [-0.2, 0) is 0 Å². The highest BCUT2D eigenvalue weighted by Crippen LogP contribution is 2.43. The summed E-state index contributed by atoms with van der Waals surface area (Å²) in [7, 11) is 0. The Labute approximate surface area is 343 Å². The molecule has 0 saturated carbocycles. The van der Waals surface area contributed by atoms with Gasteiger partial charge in [-0.05, 0) is 147 Å². The standard InChI is InChI=1S/C58H39N/c1-37(53-33-41-15-3-6-19-46(41)49-22-10-12-24-51(49)53)31-55(40-29-27-39(28-30-40)44-32-43-17-5-14-26-58(43)59-36-44)54-35-57(48-21-9-8-18-45(48)38(54)2)56-34-42-16-4-7-20-47(42)50-23-11-13-25-52(50)56/h3-36H,1H2,2H3/b55-31-. The Hall–Kier alpha value is -7.61. The number of hydrogen-bond donors (Lipinski definition) is 0. The van der Waals surface area contributed by atoms with E-state index in [2.05, 4.69) is 201 Å². The number of nitrogens with zero attached hydrogens (tertiary/aromatic N) is 1. The maximum atomic E-state index is 4.83. The fourth-order valence-electron chi connectivity index (χ4n) is 9.26. The van der Waals surface area contributed by atoms with Crippen LogP contribution in [0.5, 0.6) is 0 Å². The predicted octanol–water partition coefficient (Wildman–Crippen LogP) is 15.8. The molecule has 11 rings (SSSR count). The summed E-state index contributed by atoms with van der Waals surface area (Å²) in [6.07, 6.45) is 4.30. The number of hydrogen-bond acceptors (Lipinski definition) is 1. The van der Waals surface area contributed by atoms with Crippen molar-refractivity contribution in [1.82, 2.24) is 4.98 Å². The van der Waals surface area contributed by atoms with Gasteiger partial charge in [0.2, 0.25) is 0 Å². The topological polar surface area (TPSA) is 12.9 Å². The van der Waals surface area contributed by atoms with Gasteiger partial charge in [-0.25, -0.2) is 0 Å². The summed E-state index contributed by atoms with van der Waals surface area (Å²) in [5.41, 5.74) is 12.5. The lowest BCUT2D eigenvalue weighted by atomic mass is 9.83. The molecule has 0 fully saturated rings. The van der Waals surface area contributed by atoms with Gasteiger partial charge in [-0.1, -0.05) is 170 Å². The molecule has 1 heterocycles. The molecule has 1 nitrogen and oxygen atoms in total. The number of aryl methyl sites for hydroxylation is 1. The molecule has 0 aliphatic heterocycles. The van der Waals surface area contributed by atoms with Gasteiger partial charge in [-0.15, -0.1) is 0 Å². The second-order valence-corrected chi connectivity index (χ2v) is 15.6. The molecule has 1 heteroatoms. The number of fused-ring (bicyclic) bond motifs is 8. The molecule has 0 aliphatic carbocycles. The number of para-hydroxylation sites is 1. The van der Waals surface area contributed by atoms with E-state index in [0.29, 0.717) is 0 Å². The minimum absolute atomic E-state index is 0.968. The lowest BCUT2D eigenvalue weighted by molar-refractivity contribution is 1.40. The van der Waals surface area contributed by atoms with Crippen LogP contribution in [0.4, 0.5) is 0 Å². The molecule has 0 radical (unpaired) electrons. The Morgan fingerprint density at radius 2 is 0.932 bits per heavy atom. The van der Waals surface area contributed by atoms with Gasteiger partial charge in [0.05, 0.1) is 5.52 Å². The number of allylic oxidation sites excluding steroid dienone is 2. The molecule has 59 heavy (non-hydrogen) atoms. The fraction of sp³-hybridized carbons (Fsp3) is 0.0172. The molecule has 0 bridgehead atoms. The van der Waals surface area contributed by atoms with E-state index in [1.807, 2.05) is 12.3 Å². The zero-order valence-electron chi connectivity index (χ0n) is 32.8. The largest absolute Gasteiger partial charge is 0.256 e. The van der Waals surface area contributed by atoms with Crippen molar-refractivity contribution >= 4 is 75.9 Å². The smallest absolute Gasteiger partial charge is 0.0702 e. The summed E-state index contributed by atoms with van der Waals surface area (Å²) in [6.45, 7) is 7.10. The van der Waals surface area contributed by atoms with Gasteiger partial charge in [-0.2, -0.15) is 0 Å². The zero-order valence-corrected chi connectivity index (χ0v) is 32.8. The number of rotatable bonds is 6. The zero-order chi connectivity index (χ0) is 39.5. The monoisotopic (exact) mass is 749 g/mol. The first-order valence-corrected chi connectivity index (χ1v) is 20.3. The molecular formula is C58H39N. The molecule has 0 amide bonds. The van der Waals surface area contributed by atoms with Crippen molar-refractivity contribution in [2.45, 2.75) is 6.92 Å². The van der Waals surface area contributed by atoms with Crippen LogP contribution in [0.2, 0.25) is 0 Å². The number of aromatic nitrogens is 1. The Kier molecular flexibility index (Phi) is 8.27. The van der Waals surface area contributed by atoms with Gasteiger partial charge >= 0.3 is 0 Å². The fourth-order valence-corrected chi connectivity index (χ4v) is 9.26. The van der Waals surface area contributed by atoms with Crippen LogP contribution in [0.15, 0.2) is 213 Å². The van der Waals surface area contributed by atoms with Crippen LogP contribution < -0.4 is 0 Å². The van der Waals surface area contributed by atoms with Crippen LogP contribution >= 0.6 is 0 Å². The molecule has 0 N–H and O–H groups in total. The minimum Gasteiger partial charge on any atom is -0.256 e. The van der Waals surface area contributed by atoms with E-state index >= 15 is 0 Å². The molecule has 1 aromatic heterocycles. The first-order chi connectivity index (χ1) is 29.1. The van der Waals surface area contributed by atoms with E-state index in [4.69, 9.17) is 11.6 Å². The Balaban J connectivity index is 1.16. The van der Waals surface area contributed by atoms with E-state index < -0.39 is 0 Å². The maximum Gasteiger partial charge on any atom is 0.0702 e. The average Bonchev–Trinajstić information content (AvgIpc) is 3.30. The van der Waals surface area contributed by atoms with Gasteiger partial charge in [0.15, 0.2) is 0 Å². The second-order valence-electron chi connectivity index (χ2n) is 15.6. The Morgan fingerprint density at radius 3 is 1.63 bits per heavy atom. The molecule has 0 spiro atoms. The summed E-state index contributed by atoms with van der Waals surface area (Å²) < 4.78 is 0. The van der Waals surface area contributed by atoms with E-state index in [9.17, 15) is 0 Å². The third-order valence-electron chi connectivity index (χ3n) is 12.2. The van der Waals surface area contributed by atoms with E-state index in [-0.39, 0.29) is 0 Å². The summed E-state index contributed by atoms with van der Waals surface area (Å²) in [4.78, 5) is 4.78. The van der Waals surface area contributed by atoms with Crippen molar-refractivity contribution in [3.05, 3.63) is 235 Å². The highest BCUT2D eigenvalue weighted by molar-refractivity contribution is 6.17. The average molecular weight is 750 g/mol. The molecule has 0 unspecified atom stereocenters. The molecular weight excluding hydrogens is 711 g/mol. The van der Waals surface area contributed by atoms with Crippen LogP contribution in [0.25, 0.3) is 98.2 Å². The normalized spacial score (nSPS) is 12.0. The molecule has 276 valence electrons. The van der Waals surface area contributed by atoms with E-state index in [1.165, 1.54) is 76.1 Å². The van der Waals surface area contributed by atoms with Crippen molar-refractivity contribution in [1.29, 1.82) is 0 Å². The molecule has 10 aromatic carbocycles. The number of benzene rings is 10. The summed E-state index contributed by atoms with van der Waals surface area (Å²) in [5.74, 6) is 0. The summed E-state index contributed by atoms with van der Waals surface area (Å²) in [5, 5.41) is 13.5. The van der Waals surface area contributed by atoms with Crippen molar-refractivity contribution < 1.29 is 0 Å². The van der Waals surface area contributed by atoms with Gasteiger partial charge in [0, 0.05) is 17.1 Å². The van der Waals surface area contributed by atoms with Crippen LogP contribution in [0.3, 0.4) is 0 Å². The van der Waals surface area contributed by atoms with E-state index in [1.54, 1.807) is 0 Å². The van der Waals surface area contributed by atoms with Crippen molar-refractivity contribution in [3.8, 4) is 22.3 Å².